The van der Waals surface area contributed by atoms with Gasteiger partial charge in [-0.25, -0.2) is 9.59 Å². The number of nitrogens with zero attached hydrogens (tertiary/aromatic N) is 3. The number of hydrogen-bond acceptors (Lipinski definition) is 20. The van der Waals surface area contributed by atoms with Crippen molar-refractivity contribution in [2.45, 2.75) is 192 Å². The van der Waals surface area contributed by atoms with Crippen LogP contribution in [0.25, 0.3) is 0 Å². The minimum absolute atomic E-state index is 0. The van der Waals surface area contributed by atoms with Crippen molar-refractivity contribution < 1.29 is 98.8 Å². The molecule has 0 radical (unpaired) electrons. The van der Waals surface area contributed by atoms with Gasteiger partial charge in [0.15, 0.2) is 12.1 Å². The molecule has 4 aliphatic heterocycles. The molecule has 26 nitrogen and oxygen atoms in total. The van der Waals surface area contributed by atoms with Crippen LogP contribution in [0.4, 0.5) is 0 Å². The summed E-state index contributed by atoms with van der Waals surface area (Å²) in [5.74, 6) is -5.34. The second-order valence-electron chi connectivity index (χ2n) is 28.9. The molecule has 0 bridgehead atoms. The average molecular weight is 1470 g/mol. The van der Waals surface area contributed by atoms with Crippen molar-refractivity contribution in [3.63, 3.8) is 0 Å². The average Bonchev–Trinajstić information content (AvgIpc) is 0.791. The molecule has 0 aliphatic carbocycles. The molecular weight excluding hydrogens is 1360 g/mol. The number of rotatable bonds is 21. The van der Waals surface area contributed by atoms with Crippen LogP contribution in [0.1, 0.15) is 118 Å². The zero-order chi connectivity index (χ0) is 78.6. The van der Waals surface area contributed by atoms with Gasteiger partial charge in [0.1, 0.15) is 50.6 Å². The minimum Gasteiger partial charge on any atom is -0.480 e. The lowest BCUT2D eigenvalue weighted by Crippen LogP contribution is -2.62. The number of aliphatic carboxylic acids is 4. The Hall–Kier alpha value is -9.32. The Bertz CT molecular complexity index is 3740. The molecule has 4 fully saturated rings. The molecule has 4 saturated heterocycles. The molecule has 0 spiro atoms. The van der Waals surface area contributed by atoms with Gasteiger partial charge in [0.25, 0.3) is 0 Å². The number of carbonyl (C=O) groups excluding carboxylic acids is 4. The molecule has 106 heavy (non-hydrogen) atoms. The highest BCUT2D eigenvalue weighted by Crippen LogP contribution is 2.31. The van der Waals surface area contributed by atoms with E-state index in [1.807, 2.05) is 198 Å². The first-order valence-corrected chi connectivity index (χ1v) is 34.8. The van der Waals surface area contributed by atoms with Crippen molar-refractivity contribution in [3.05, 3.63) is 215 Å². The first kappa shape index (κ1) is 87.3. The number of hydrogen-bond donors (Lipinski definition) is 9. The lowest BCUT2D eigenvalue weighted by Gasteiger charge is -2.44. The van der Waals surface area contributed by atoms with Gasteiger partial charge in [-0.05, 0) is 116 Å². The van der Waals surface area contributed by atoms with Gasteiger partial charge in [-0.1, -0.05) is 182 Å². The molecule has 6 atom stereocenters. The molecule has 2 unspecified atom stereocenters. The van der Waals surface area contributed by atoms with Gasteiger partial charge in [-0.15, -0.1) is 0 Å². The lowest BCUT2D eigenvalue weighted by molar-refractivity contribution is -0.189. The van der Waals surface area contributed by atoms with E-state index in [4.69, 9.17) is 54.6 Å². The molecule has 10 N–H and O–H groups in total. The van der Waals surface area contributed by atoms with Crippen LogP contribution in [0.2, 0.25) is 0 Å². The van der Waals surface area contributed by atoms with Gasteiger partial charge in [0.05, 0.1) is 46.8 Å². The first-order valence-electron chi connectivity index (χ1n) is 34.8. The number of nitrogens with one attached hydrogen (secondary N) is 2. The van der Waals surface area contributed by atoms with E-state index in [0.29, 0.717) is 45.9 Å². The third-order valence-electron chi connectivity index (χ3n) is 17.5. The fourth-order valence-corrected chi connectivity index (χ4v) is 11.7. The van der Waals surface area contributed by atoms with Crippen LogP contribution in [0.3, 0.4) is 0 Å². The molecule has 0 aromatic heterocycles. The third kappa shape index (κ3) is 27.9. The van der Waals surface area contributed by atoms with Crippen molar-refractivity contribution in [2.75, 3.05) is 39.5 Å². The minimum atomic E-state index is -1.34. The summed E-state index contributed by atoms with van der Waals surface area (Å²) in [5.41, 5.74) is 5.43. The topological polar surface area (TPSA) is 373 Å². The number of aliphatic hydroxyl groups is 2. The second kappa shape index (κ2) is 40.4. The molecule has 6 aromatic rings. The standard InChI is InChI=1S/C21H23NO4.C21H25NO3.C14H17NO4.C12H17NO3.C7H13NO3.C5H11NO3.H2/c1-21(2)19(20(24)25-14-17-11-7-4-8-12-17)22(18(23)15-26-21)13-16-9-5-3-6-10-16;1-21(2)19(20(23)24-16-18-11-7-4-8-12-18)22(13-14-25-21)15-17-9-5-3-6-10-17;1-14(2)12(13(17)18)15(11(16)9-19-14)8-10-6-4-3-5-7-10;1-12(2,16)10(11(14)15)13-8-9-6-4-3-5-7-9;1-7(2)5(6(9)10)8-3-4-11-7;1-5(2,9)3(6)4(7)8;/h3-12,19H,13-15H2,1-2H3;3-12,19H,13-16H2,1-2H3;3-7,12H,8-9H2,1-2H3,(H,17,18);3-7,10,13,16H,8H2,1-2H3,(H,14,15);5,8H,3-4H2,1-2H3,(H,9,10);3,9H,6H2,1-2H3,(H,7,8);1H/t2*19-;12-;;5-;;/m111.1../s1. The monoisotopic (exact) mass is 1470 g/mol. The van der Waals surface area contributed by atoms with Crippen LogP contribution in [-0.2, 0) is 106 Å². The second-order valence-corrected chi connectivity index (χ2v) is 28.9. The van der Waals surface area contributed by atoms with E-state index in [1.165, 1.54) is 38.2 Å². The predicted molar refractivity (Wildman–Crippen MR) is 397 cm³/mol. The molecule has 4 aliphatic rings. The van der Waals surface area contributed by atoms with Crippen LogP contribution in [0, 0.1) is 0 Å². The zero-order valence-electron chi connectivity index (χ0n) is 62.6. The highest BCUT2D eigenvalue weighted by molar-refractivity contribution is 5.88. The van der Waals surface area contributed by atoms with Crippen LogP contribution in [-0.4, -0.2) is 202 Å². The van der Waals surface area contributed by atoms with E-state index in [0.717, 1.165) is 27.8 Å². The Balaban J connectivity index is 0.000000280. The van der Waals surface area contributed by atoms with Gasteiger partial charge < -0.3 is 74.6 Å². The highest BCUT2D eigenvalue weighted by atomic mass is 16.6. The smallest absolute Gasteiger partial charge is 0.332 e. The molecule has 4 heterocycles. The summed E-state index contributed by atoms with van der Waals surface area (Å²) >= 11 is 0. The van der Waals surface area contributed by atoms with E-state index < -0.39 is 99.7 Å². The van der Waals surface area contributed by atoms with Gasteiger partial charge in [-0.2, -0.15) is 0 Å². The molecule has 10 rings (SSSR count). The summed E-state index contributed by atoms with van der Waals surface area (Å²) in [4.78, 5) is 98.3. The van der Waals surface area contributed by atoms with Gasteiger partial charge in [-0.3, -0.25) is 44.3 Å². The Morgan fingerprint density at radius 1 is 0.491 bits per heavy atom. The first-order chi connectivity index (χ1) is 49.7. The number of amides is 2. The SMILES string of the molecule is CC(C)(O)C(N)C(=O)O.CC(C)(O)C(NCc1ccccc1)C(=O)O.CC1(C)OCC(=O)N(Cc2ccccc2)[C@@H]1C(=O)O.CC1(C)OCC(=O)N(Cc2ccccc2)[C@@H]1C(=O)OCc1ccccc1.CC1(C)OCCN(Cc2ccccc2)[C@@H]1C(=O)OCc1ccccc1.CC1(C)OCCN[C@@H]1C(=O)O.[HH]. The number of nitrogens with two attached hydrogens (primary N) is 1. The van der Waals surface area contributed by atoms with Gasteiger partial charge >= 0.3 is 35.8 Å². The summed E-state index contributed by atoms with van der Waals surface area (Å²) < 4.78 is 33.3. The zero-order valence-corrected chi connectivity index (χ0v) is 62.6. The van der Waals surface area contributed by atoms with Crippen molar-refractivity contribution in [2.24, 2.45) is 5.73 Å². The van der Waals surface area contributed by atoms with Crippen molar-refractivity contribution >= 4 is 47.6 Å². The number of carboxylic acid groups (broad SMARTS) is 4. The molecule has 26 heteroatoms. The maximum atomic E-state index is 12.8. The van der Waals surface area contributed by atoms with E-state index in [2.05, 4.69) is 27.7 Å². The summed E-state index contributed by atoms with van der Waals surface area (Å²) in [7, 11) is 0. The summed E-state index contributed by atoms with van der Waals surface area (Å²) in [6.07, 6.45) is 0. The van der Waals surface area contributed by atoms with E-state index in [-0.39, 0.29) is 52.2 Å². The number of carboxylic acids is 4. The van der Waals surface area contributed by atoms with Crippen LogP contribution in [0.15, 0.2) is 182 Å². The molecule has 6 aromatic carbocycles. The molecular formula is C80H108N6O20. The molecule has 0 saturated carbocycles. The summed E-state index contributed by atoms with van der Waals surface area (Å²) in [5, 5.41) is 59.6. The Labute approximate surface area is 622 Å². The number of benzene rings is 6. The van der Waals surface area contributed by atoms with Crippen LogP contribution >= 0.6 is 0 Å². The lowest BCUT2D eigenvalue weighted by atomic mass is 9.94. The summed E-state index contributed by atoms with van der Waals surface area (Å²) in [6.45, 7) is 24.7. The quantitative estimate of drug-likeness (QED) is 0.0309. The summed E-state index contributed by atoms with van der Waals surface area (Å²) in [6, 6.07) is 52.8. The Kier molecular flexibility index (Phi) is 33.3. The van der Waals surface area contributed by atoms with Gasteiger partial charge in [0, 0.05) is 40.7 Å². The Morgan fingerprint density at radius 3 is 1.20 bits per heavy atom. The van der Waals surface area contributed by atoms with Crippen molar-refractivity contribution in [1.29, 1.82) is 0 Å². The largest absolute Gasteiger partial charge is 0.480 e. The van der Waals surface area contributed by atoms with E-state index >= 15 is 0 Å². The van der Waals surface area contributed by atoms with E-state index in [9.17, 15) is 48.6 Å². The number of carbonyl (C=O) groups is 8. The fraction of sp³-hybridized carbons (Fsp3) is 0.450. The van der Waals surface area contributed by atoms with Crippen molar-refractivity contribution in [3.8, 4) is 0 Å². The third-order valence-corrected chi connectivity index (χ3v) is 17.5. The number of esters is 2. The number of ether oxygens (including phenoxy) is 6. The van der Waals surface area contributed by atoms with Gasteiger partial charge in [0.2, 0.25) is 11.8 Å². The maximum Gasteiger partial charge on any atom is 0.332 e. The maximum absolute atomic E-state index is 12.8. The molecule has 2 amide bonds. The normalized spacial score (nSPS) is 19.9. The van der Waals surface area contributed by atoms with E-state index in [1.54, 1.807) is 32.6 Å². The van der Waals surface area contributed by atoms with Crippen LogP contribution < -0.4 is 16.4 Å². The molecule has 578 valence electrons. The number of morpholine rings is 4. The predicted octanol–water partition coefficient (Wildman–Crippen LogP) is 7.88. The fourth-order valence-electron chi connectivity index (χ4n) is 11.7. The van der Waals surface area contributed by atoms with Crippen LogP contribution in [0.5, 0.6) is 0 Å². The Morgan fingerprint density at radius 2 is 0.849 bits per heavy atom. The van der Waals surface area contributed by atoms with Crippen molar-refractivity contribution in [1.82, 2.24) is 25.3 Å². The highest BCUT2D eigenvalue weighted by Gasteiger charge is 2.50.